The largest absolute Gasteiger partial charge is 0.439 e. The van der Waals surface area contributed by atoms with E-state index in [2.05, 4.69) is 5.92 Å². The van der Waals surface area contributed by atoms with Crippen LogP contribution in [0.1, 0.15) is 5.69 Å². The second kappa shape index (κ2) is 3.40. The minimum Gasteiger partial charge on any atom is -0.439 e. The summed E-state index contributed by atoms with van der Waals surface area (Å²) in [5.74, 6) is 2.58. The Bertz CT molecular complexity index is 285. The zero-order valence-corrected chi connectivity index (χ0v) is 7.44. The maximum absolute atomic E-state index is 5.19. The van der Waals surface area contributed by atoms with Crippen molar-refractivity contribution in [3.63, 3.8) is 0 Å². The topological polar surface area (TPSA) is 13.1 Å². The van der Waals surface area contributed by atoms with Crippen LogP contribution in [0.3, 0.4) is 0 Å². The van der Waals surface area contributed by atoms with Crippen molar-refractivity contribution >= 4 is 11.3 Å². The molecule has 2 nitrogen and oxygen atoms in total. The molecule has 3 heteroatoms. The standard InChI is InChI=1S/C8H10NOS/c1-4-5-9-7(2)6-11-8(9)10-3/h1,6H,5H2,2-3H3/q+1. The van der Waals surface area contributed by atoms with Crippen LogP contribution in [0, 0.1) is 19.3 Å². The summed E-state index contributed by atoms with van der Waals surface area (Å²) in [6.45, 7) is 2.59. The molecule has 1 aromatic heterocycles. The second-order valence-corrected chi connectivity index (χ2v) is 2.96. The smallest absolute Gasteiger partial charge is 0.431 e. The summed E-state index contributed by atoms with van der Waals surface area (Å²) >= 11 is 1.56. The van der Waals surface area contributed by atoms with Crippen LogP contribution >= 0.6 is 11.3 Å². The molecule has 0 aromatic carbocycles. The zero-order valence-electron chi connectivity index (χ0n) is 6.63. The van der Waals surface area contributed by atoms with Gasteiger partial charge in [-0.3, -0.25) is 0 Å². The van der Waals surface area contributed by atoms with Crippen LogP contribution in [0.15, 0.2) is 5.38 Å². The predicted octanol–water partition coefficient (Wildman–Crippen LogP) is 0.986. The van der Waals surface area contributed by atoms with E-state index in [0.29, 0.717) is 6.54 Å². The molecule has 1 rings (SSSR count). The van der Waals surface area contributed by atoms with Gasteiger partial charge in [0.15, 0.2) is 5.69 Å². The molecule has 0 saturated carbocycles. The van der Waals surface area contributed by atoms with Gasteiger partial charge in [0.05, 0.1) is 12.5 Å². The molecule has 0 aliphatic carbocycles. The van der Waals surface area contributed by atoms with Crippen molar-refractivity contribution in [2.45, 2.75) is 13.5 Å². The molecule has 0 fully saturated rings. The number of ether oxygens (including phenoxy) is 1. The molecule has 0 radical (unpaired) electrons. The first-order chi connectivity index (χ1) is 5.29. The normalized spacial score (nSPS) is 9.18. The van der Waals surface area contributed by atoms with Crippen molar-refractivity contribution in [2.24, 2.45) is 0 Å². The molecule has 0 saturated heterocycles. The molecule has 0 amide bonds. The molecule has 1 heterocycles. The SMILES string of the molecule is C#CC[n+]1c(C)csc1OC. The third-order valence-corrected chi connectivity index (χ3v) is 2.45. The number of aryl methyl sites for hydroxylation is 1. The Morgan fingerprint density at radius 3 is 3.09 bits per heavy atom. The van der Waals surface area contributed by atoms with Gasteiger partial charge in [0.1, 0.15) is 0 Å². The number of methoxy groups -OCH3 is 1. The lowest BCUT2D eigenvalue weighted by Crippen LogP contribution is -2.35. The predicted molar refractivity (Wildman–Crippen MR) is 44.6 cm³/mol. The van der Waals surface area contributed by atoms with E-state index in [-0.39, 0.29) is 0 Å². The van der Waals surface area contributed by atoms with E-state index in [1.165, 1.54) is 0 Å². The molecule has 11 heavy (non-hydrogen) atoms. The van der Waals surface area contributed by atoms with Crippen molar-refractivity contribution < 1.29 is 9.30 Å². The lowest BCUT2D eigenvalue weighted by molar-refractivity contribution is -0.690. The van der Waals surface area contributed by atoms with E-state index >= 15 is 0 Å². The zero-order chi connectivity index (χ0) is 8.27. The van der Waals surface area contributed by atoms with Crippen LogP contribution in [0.5, 0.6) is 5.19 Å². The minimum absolute atomic E-state index is 0.582. The summed E-state index contributed by atoms with van der Waals surface area (Å²) < 4.78 is 7.07. The Morgan fingerprint density at radius 1 is 1.82 bits per heavy atom. The van der Waals surface area contributed by atoms with Crippen molar-refractivity contribution in [3.8, 4) is 17.5 Å². The minimum atomic E-state index is 0.582. The quantitative estimate of drug-likeness (QED) is 0.474. The highest BCUT2D eigenvalue weighted by Gasteiger charge is 2.15. The van der Waals surface area contributed by atoms with Crippen LogP contribution in [-0.2, 0) is 6.54 Å². The number of hydrogen-bond acceptors (Lipinski definition) is 2. The van der Waals surface area contributed by atoms with Crippen LogP contribution in [-0.4, -0.2) is 7.11 Å². The van der Waals surface area contributed by atoms with Gasteiger partial charge in [0, 0.05) is 6.92 Å². The molecule has 1 aromatic rings. The number of rotatable bonds is 2. The Morgan fingerprint density at radius 2 is 2.55 bits per heavy atom. The van der Waals surface area contributed by atoms with E-state index in [0.717, 1.165) is 10.9 Å². The van der Waals surface area contributed by atoms with Crippen molar-refractivity contribution in [1.82, 2.24) is 0 Å². The molecular formula is C8H10NOS+. The Labute approximate surface area is 70.4 Å². The molecule has 0 aliphatic heterocycles. The highest BCUT2D eigenvalue weighted by Crippen LogP contribution is 2.13. The van der Waals surface area contributed by atoms with E-state index in [1.807, 2.05) is 16.9 Å². The van der Waals surface area contributed by atoms with Gasteiger partial charge in [0.25, 0.3) is 0 Å². The maximum Gasteiger partial charge on any atom is 0.431 e. The van der Waals surface area contributed by atoms with E-state index < -0.39 is 0 Å². The highest BCUT2D eigenvalue weighted by atomic mass is 32.1. The number of thiazole rings is 1. The molecule has 0 aliphatic rings. The fraction of sp³-hybridized carbons (Fsp3) is 0.375. The Balaban J connectivity index is 2.99. The average molecular weight is 168 g/mol. The fourth-order valence-corrected chi connectivity index (χ4v) is 1.68. The van der Waals surface area contributed by atoms with E-state index in [4.69, 9.17) is 11.2 Å². The van der Waals surface area contributed by atoms with Crippen molar-refractivity contribution in [3.05, 3.63) is 11.1 Å². The number of aromatic nitrogens is 1. The number of hydrogen-bond donors (Lipinski definition) is 0. The van der Waals surface area contributed by atoms with Crippen molar-refractivity contribution in [2.75, 3.05) is 7.11 Å². The molecule has 0 atom stereocenters. The summed E-state index contributed by atoms with van der Waals surface area (Å²) in [5, 5.41) is 2.89. The molecule has 0 unspecified atom stereocenters. The summed E-state index contributed by atoms with van der Waals surface area (Å²) in [5.41, 5.74) is 1.14. The summed E-state index contributed by atoms with van der Waals surface area (Å²) in [7, 11) is 1.65. The first kappa shape index (κ1) is 8.09. The fourth-order valence-electron chi connectivity index (χ4n) is 0.846. The maximum atomic E-state index is 5.19. The van der Waals surface area contributed by atoms with E-state index in [9.17, 15) is 0 Å². The third kappa shape index (κ3) is 1.52. The number of nitrogens with zero attached hydrogens (tertiary/aromatic N) is 1. The average Bonchev–Trinajstić information content (AvgIpc) is 2.34. The lowest BCUT2D eigenvalue weighted by atomic mass is 10.5. The molecule has 58 valence electrons. The first-order valence-corrected chi connectivity index (χ1v) is 4.13. The Kier molecular flexibility index (Phi) is 2.50. The van der Waals surface area contributed by atoms with Crippen LogP contribution in [0.25, 0.3) is 0 Å². The monoisotopic (exact) mass is 168 g/mol. The second-order valence-electron chi connectivity index (χ2n) is 2.14. The molecule has 0 spiro atoms. The molecule has 0 bridgehead atoms. The van der Waals surface area contributed by atoms with Gasteiger partial charge in [-0.25, -0.2) is 0 Å². The van der Waals surface area contributed by atoms with Crippen LogP contribution in [0.4, 0.5) is 0 Å². The van der Waals surface area contributed by atoms with Gasteiger partial charge < -0.3 is 4.74 Å². The number of terminal acetylenes is 1. The van der Waals surface area contributed by atoms with Gasteiger partial charge in [-0.15, -0.1) is 11.0 Å². The van der Waals surface area contributed by atoms with Crippen LogP contribution < -0.4 is 9.30 Å². The third-order valence-electron chi connectivity index (χ3n) is 1.40. The molecule has 0 N–H and O–H groups in total. The first-order valence-electron chi connectivity index (χ1n) is 3.25. The van der Waals surface area contributed by atoms with Gasteiger partial charge in [0.2, 0.25) is 6.54 Å². The summed E-state index contributed by atoms with van der Waals surface area (Å²) in [4.78, 5) is 0. The van der Waals surface area contributed by atoms with Crippen molar-refractivity contribution in [1.29, 1.82) is 0 Å². The molecular weight excluding hydrogens is 158 g/mol. The lowest BCUT2D eigenvalue weighted by Gasteiger charge is -1.91. The van der Waals surface area contributed by atoms with Gasteiger partial charge >= 0.3 is 5.19 Å². The van der Waals surface area contributed by atoms with Gasteiger partial charge in [-0.05, 0) is 17.3 Å². The summed E-state index contributed by atoms with van der Waals surface area (Å²) in [6.07, 6.45) is 5.19. The highest BCUT2D eigenvalue weighted by molar-refractivity contribution is 7.11. The Hall–Kier alpha value is -1.01. The van der Waals surface area contributed by atoms with E-state index in [1.54, 1.807) is 18.4 Å². The van der Waals surface area contributed by atoms with Crippen LogP contribution in [0.2, 0.25) is 0 Å². The van der Waals surface area contributed by atoms with Gasteiger partial charge in [-0.1, -0.05) is 0 Å². The van der Waals surface area contributed by atoms with Gasteiger partial charge in [-0.2, -0.15) is 0 Å². The summed E-state index contributed by atoms with van der Waals surface area (Å²) in [6, 6.07) is 0.